The smallest absolute Gasteiger partial charge is 0.125 e. The van der Waals surface area contributed by atoms with Crippen LogP contribution in [0.4, 0.5) is 0 Å². The first-order chi connectivity index (χ1) is 7.50. The molecule has 0 spiro atoms. The SMILES string of the molecule is Cc1ccc(OCCN(C)C)c(C(C)O)c1. The van der Waals surface area contributed by atoms with E-state index >= 15 is 0 Å². The second-order valence-electron chi connectivity index (χ2n) is 4.37. The van der Waals surface area contributed by atoms with Crippen LogP contribution in [-0.2, 0) is 0 Å². The fourth-order valence-corrected chi connectivity index (χ4v) is 1.46. The molecule has 1 aromatic rings. The molecular formula is C13H21NO2. The number of aliphatic hydroxyl groups excluding tert-OH is 1. The zero-order valence-corrected chi connectivity index (χ0v) is 10.5. The summed E-state index contributed by atoms with van der Waals surface area (Å²) in [4.78, 5) is 2.07. The number of hydrogen-bond acceptors (Lipinski definition) is 3. The molecule has 0 amide bonds. The van der Waals surface area contributed by atoms with E-state index < -0.39 is 6.10 Å². The summed E-state index contributed by atoms with van der Waals surface area (Å²) in [5.74, 6) is 0.780. The van der Waals surface area contributed by atoms with Gasteiger partial charge >= 0.3 is 0 Å². The van der Waals surface area contributed by atoms with Crippen molar-refractivity contribution in [3.63, 3.8) is 0 Å². The van der Waals surface area contributed by atoms with Gasteiger partial charge in [-0.15, -0.1) is 0 Å². The Morgan fingerprint density at radius 3 is 2.62 bits per heavy atom. The minimum atomic E-state index is -0.491. The van der Waals surface area contributed by atoms with Gasteiger partial charge in [-0.3, -0.25) is 0 Å². The molecule has 3 nitrogen and oxygen atoms in total. The number of ether oxygens (including phenoxy) is 1. The van der Waals surface area contributed by atoms with Gasteiger partial charge in [0.1, 0.15) is 12.4 Å². The van der Waals surface area contributed by atoms with Crippen LogP contribution in [0.2, 0.25) is 0 Å². The zero-order chi connectivity index (χ0) is 12.1. The van der Waals surface area contributed by atoms with Crippen LogP contribution in [0.3, 0.4) is 0 Å². The van der Waals surface area contributed by atoms with Gasteiger partial charge in [0.25, 0.3) is 0 Å². The van der Waals surface area contributed by atoms with E-state index in [4.69, 9.17) is 4.74 Å². The molecule has 1 rings (SSSR count). The number of nitrogens with zero attached hydrogens (tertiary/aromatic N) is 1. The summed E-state index contributed by atoms with van der Waals surface area (Å²) >= 11 is 0. The Bertz CT molecular complexity index is 335. The van der Waals surface area contributed by atoms with Crippen LogP contribution in [-0.4, -0.2) is 37.3 Å². The maximum atomic E-state index is 9.65. The van der Waals surface area contributed by atoms with Gasteiger partial charge in [0, 0.05) is 12.1 Å². The van der Waals surface area contributed by atoms with Gasteiger partial charge in [-0.25, -0.2) is 0 Å². The standard InChI is InChI=1S/C13H21NO2/c1-10-5-6-13(12(9-10)11(2)15)16-8-7-14(3)4/h5-6,9,11,15H,7-8H2,1-4H3. The average Bonchev–Trinajstić information content (AvgIpc) is 2.19. The third kappa shape index (κ3) is 3.83. The van der Waals surface area contributed by atoms with E-state index in [1.165, 1.54) is 0 Å². The van der Waals surface area contributed by atoms with Crippen molar-refractivity contribution in [1.82, 2.24) is 4.90 Å². The fourth-order valence-electron chi connectivity index (χ4n) is 1.46. The van der Waals surface area contributed by atoms with Crippen molar-refractivity contribution in [3.05, 3.63) is 29.3 Å². The number of aliphatic hydroxyl groups is 1. The van der Waals surface area contributed by atoms with Gasteiger partial charge in [-0.05, 0) is 40.1 Å². The summed E-state index contributed by atoms with van der Waals surface area (Å²) in [6.07, 6.45) is -0.491. The molecule has 0 fully saturated rings. The van der Waals surface area contributed by atoms with Crippen LogP contribution in [0.5, 0.6) is 5.75 Å². The number of likely N-dealkylation sites (N-methyl/N-ethyl adjacent to an activating group) is 1. The first kappa shape index (κ1) is 13.0. The third-order valence-electron chi connectivity index (χ3n) is 2.41. The quantitative estimate of drug-likeness (QED) is 0.828. The number of benzene rings is 1. The molecule has 0 saturated carbocycles. The molecule has 0 heterocycles. The largest absolute Gasteiger partial charge is 0.492 e. The van der Waals surface area contributed by atoms with Crippen molar-refractivity contribution in [2.24, 2.45) is 0 Å². The molecule has 90 valence electrons. The lowest BCUT2D eigenvalue weighted by atomic mass is 10.1. The molecule has 3 heteroatoms. The normalized spacial score (nSPS) is 12.9. The first-order valence-electron chi connectivity index (χ1n) is 5.57. The minimum absolute atomic E-state index is 0.491. The third-order valence-corrected chi connectivity index (χ3v) is 2.41. The molecule has 1 unspecified atom stereocenters. The van der Waals surface area contributed by atoms with Gasteiger partial charge in [0.2, 0.25) is 0 Å². The number of aryl methyl sites for hydroxylation is 1. The van der Waals surface area contributed by atoms with E-state index in [0.29, 0.717) is 6.61 Å². The van der Waals surface area contributed by atoms with Crippen molar-refractivity contribution >= 4 is 0 Å². The second-order valence-corrected chi connectivity index (χ2v) is 4.37. The summed E-state index contributed by atoms with van der Waals surface area (Å²) in [5, 5.41) is 9.65. The Labute approximate surface area is 97.7 Å². The topological polar surface area (TPSA) is 32.7 Å². The highest BCUT2D eigenvalue weighted by molar-refractivity contribution is 5.38. The predicted octanol–water partition coefficient (Wildman–Crippen LogP) is 1.99. The van der Waals surface area contributed by atoms with Crippen molar-refractivity contribution in [2.75, 3.05) is 27.2 Å². The van der Waals surface area contributed by atoms with Crippen LogP contribution in [0.15, 0.2) is 18.2 Å². The fraction of sp³-hybridized carbons (Fsp3) is 0.538. The lowest BCUT2D eigenvalue weighted by molar-refractivity contribution is 0.188. The summed E-state index contributed by atoms with van der Waals surface area (Å²) in [7, 11) is 4.02. The van der Waals surface area contributed by atoms with E-state index in [-0.39, 0.29) is 0 Å². The summed E-state index contributed by atoms with van der Waals surface area (Å²) in [5.41, 5.74) is 2.00. The second kappa shape index (κ2) is 5.87. The van der Waals surface area contributed by atoms with E-state index in [1.807, 2.05) is 39.2 Å². The monoisotopic (exact) mass is 223 g/mol. The van der Waals surface area contributed by atoms with E-state index in [0.717, 1.165) is 23.4 Å². The van der Waals surface area contributed by atoms with Crippen LogP contribution in [0, 0.1) is 6.92 Å². The van der Waals surface area contributed by atoms with Crippen LogP contribution in [0.1, 0.15) is 24.2 Å². The van der Waals surface area contributed by atoms with Gasteiger partial charge in [-0.2, -0.15) is 0 Å². The molecule has 1 atom stereocenters. The van der Waals surface area contributed by atoms with E-state index in [1.54, 1.807) is 6.92 Å². The van der Waals surface area contributed by atoms with Crippen molar-refractivity contribution < 1.29 is 9.84 Å². The maximum Gasteiger partial charge on any atom is 0.125 e. The molecule has 0 radical (unpaired) electrons. The molecular weight excluding hydrogens is 202 g/mol. The van der Waals surface area contributed by atoms with Crippen molar-refractivity contribution in [2.45, 2.75) is 20.0 Å². The van der Waals surface area contributed by atoms with Crippen LogP contribution in [0.25, 0.3) is 0 Å². The van der Waals surface area contributed by atoms with Crippen LogP contribution >= 0.6 is 0 Å². The molecule has 0 aliphatic carbocycles. The molecule has 0 bridgehead atoms. The van der Waals surface area contributed by atoms with Crippen LogP contribution < -0.4 is 4.74 Å². The Morgan fingerprint density at radius 1 is 1.38 bits per heavy atom. The van der Waals surface area contributed by atoms with Crippen molar-refractivity contribution in [3.8, 4) is 5.75 Å². The van der Waals surface area contributed by atoms with Gasteiger partial charge < -0.3 is 14.7 Å². The molecule has 0 saturated heterocycles. The highest BCUT2D eigenvalue weighted by atomic mass is 16.5. The molecule has 1 aromatic carbocycles. The zero-order valence-electron chi connectivity index (χ0n) is 10.5. The molecule has 0 aliphatic heterocycles. The molecule has 1 N–H and O–H groups in total. The maximum absolute atomic E-state index is 9.65. The Kier molecular flexibility index (Phi) is 4.77. The average molecular weight is 223 g/mol. The van der Waals surface area contributed by atoms with Gasteiger partial charge in [-0.1, -0.05) is 11.6 Å². The Hall–Kier alpha value is -1.06. The van der Waals surface area contributed by atoms with E-state index in [2.05, 4.69) is 4.90 Å². The van der Waals surface area contributed by atoms with Gasteiger partial charge in [0.15, 0.2) is 0 Å². The first-order valence-corrected chi connectivity index (χ1v) is 5.57. The summed E-state index contributed by atoms with van der Waals surface area (Å²) in [6.45, 7) is 5.27. The molecule has 16 heavy (non-hydrogen) atoms. The molecule has 0 aliphatic rings. The highest BCUT2D eigenvalue weighted by Gasteiger charge is 2.09. The number of rotatable bonds is 5. The predicted molar refractivity (Wildman–Crippen MR) is 65.9 cm³/mol. The van der Waals surface area contributed by atoms with Crippen molar-refractivity contribution in [1.29, 1.82) is 0 Å². The van der Waals surface area contributed by atoms with E-state index in [9.17, 15) is 5.11 Å². The lowest BCUT2D eigenvalue weighted by Gasteiger charge is -2.16. The summed E-state index contributed by atoms with van der Waals surface area (Å²) < 4.78 is 5.66. The van der Waals surface area contributed by atoms with Gasteiger partial charge in [0.05, 0.1) is 6.10 Å². The summed E-state index contributed by atoms with van der Waals surface area (Å²) in [6, 6.07) is 5.89. The molecule has 0 aromatic heterocycles. The Balaban J connectivity index is 2.71. The highest BCUT2D eigenvalue weighted by Crippen LogP contribution is 2.26. The lowest BCUT2D eigenvalue weighted by Crippen LogP contribution is -2.19. The number of hydrogen-bond donors (Lipinski definition) is 1. The minimum Gasteiger partial charge on any atom is -0.492 e. The Morgan fingerprint density at radius 2 is 2.06 bits per heavy atom.